The van der Waals surface area contributed by atoms with Gasteiger partial charge in [-0.25, -0.2) is 9.37 Å². The van der Waals surface area contributed by atoms with Crippen molar-refractivity contribution in [2.24, 2.45) is 0 Å². The first-order valence-electron chi connectivity index (χ1n) is 7.68. The summed E-state index contributed by atoms with van der Waals surface area (Å²) >= 11 is 6.03. The second kappa shape index (κ2) is 7.74. The van der Waals surface area contributed by atoms with Crippen LogP contribution in [0.3, 0.4) is 0 Å². The molecule has 0 saturated carbocycles. The van der Waals surface area contributed by atoms with Gasteiger partial charge in [0.05, 0.1) is 43.1 Å². The highest BCUT2D eigenvalue weighted by Gasteiger charge is 2.10. The lowest BCUT2D eigenvalue weighted by atomic mass is 10.2. The molecule has 0 fully saturated rings. The van der Waals surface area contributed by atoms with E-state index in [0.29, 0.717) is 10.4 Å². The van der Waals surface area contributed by atoms with Crippen LogP contribution in [0.15, 0.2) is 53.6 Å². The van der Waals surface area contributed by atoms with Crippen molar-refractivity contribution < 1.29 is 14.2 Å². The number of hydrogen-bond acceptors (Lipinski definition) is 4. The minimum absolute atomic E-state index is 0.0294. The molecule has 0 amide bonds. The number of aliphatic hydroxyl groups is 1. The third-order valence-corrected chi connectivity index (χ3v) is 4.09. The van der Waals surface area contributed by atoms with Gasteiger partial charge < -0.3 is 9.84 Å². The molecule has 3 aromatic rings. The highest BCUT2D eigenvalue weighted by molar-refractivity contribution is 6.31. The molecular formula is C18H16ClFN2O3. The van der Waals surface area contributed by atoms with Gasteiger partial charge in [-0.05, 0) is 23.8 Å². The highest BCUT2D eigenvalue weighted by atomic mass is 35.5. The van der Waals surface area contributed by atoms with Crippen LogP contribution in [0.1, 0.15) is 5.56 Å². The Bertz CT molecular complexity index is 945. The predicted molar refractivity (Wildman–Crippen MR) is 93.1 cm³/mol. The molecule has 0 spiro atoms. The van der Waals surface area contributed by atoms with E-state index in [4.69, 9.17) is 16.3 Å². The maximum atomic E-state index is 13.2. The van der Waals surface area contributed by atoms with Crippen molar-refractivity contribution >= 4 is 22.5 Å². The van der Waals surface area contributed by atoms with Gasteiger partial charge in [0.25, 0.3) is 5.56 Å². The van der Waals surface area contributed by atoms with Crippen molar-refractivity contribution in [3.63, 3.8) is 0 Å². The maximum absolute atomic E-state index is 13.2. The zero-order valence-corrected chi connectivity index (χ0v) is 14.0. The van der Waals surface area contributed by atoms with E-state index in [-0.39, 0.29) is 30.8 Å². The Morgan fingerprint density at radius 1 is 1.28 bits per heavy atom. The Labute approximate surface area is 148 Å². The Morgan fingerprint density at radius 2 is 2.08 bits per heavy atom. The third-order valence-electron chi connectivity index (χ3n) is 3.72. The predicted octanol–water partition coefficient (Wildman–Crippen LogP) is 2.77. The number of nitrogens with zero attached hydrogens (tertiary/aromatic N) is 2. The lowest BCUT2D eigenvalue weighted by Crippen LogP contribution is -2.29. The summed E-state index contributed by atoms with van der Waals surface area (Å²) in [5.41, 5.74) is 0.767. The average molecular weight is 363 g/mol. The smallest absolute Gasteiger partial charge is 0.261 e. The van der Waals surface area contributed by atoms with Crippen LogP contribution in [0, 0.1) is 5.82 Å². The van der Waals surface area contributed by atoms with E-state index in [1.807, 2.05) is 18.2 Å². The molecular weight excluding hydrogens is 347 g/mol. The second-order valence-corrected chi connectivity index (χ2v) is 6.03. The van der Waals surface area contributed by atoms with Gasteiger partial charge in [-0.1, -0.05) is 29.8 Å². The number of fused-ring (bicyclic) bond motifs is 1. The molecule has 0 aliphatic carbocycles. The quantitative estimate of drug-likeness (QED) is 0.732. The molecule has 25 heavy (non-hydrogen) atoms. The SMILES string of the molecule is O=c1c2ccc(F)cc2ncn1CC(O)COCc1ccccc1Cl. The van der Waals surface area contributed by atoms with Crippen molar-refractivity contribution in [3.05, 3.63) is 75.5 Å². The summed E-state index contributed by atoms with van der Waals surface area (Å²) in [6, 6.07) is 11.1. The van der Waals surface area contributed by atoms with E-state index < -0.39 is 11.9 Å². The summed E-state index contributed by atoms with van der Waals surface area (Å²) < 4.78 is 19.9. The zero-order chi connectivity index (χ0) is 17.8. The fraction of sp³-hybridized carbons (Fsp3) is 0.222. The third kappa shape index (κ3) is 4.22. The van der Waals surface area contributed by atoms with Crippen LogP contribution in [0.5, 0.6) is 0 Å². The Kier molecular flexibility index (Phi) is 5.43. The van der Waals surface area contributed by atoms with Crippen LogP contribution in [0.25, 0.3) is 10.9 Å². The molecule has 130 valence electrons. The van der Waals surface area contributed by atoms with Gasteiger partial charge in [0, 0.05) is 11.1 Å². The van der Waals surface area contributed by atoms with Gasteiger partial charge in [-0.2, -0.15) is 0 Å². The van der Waals surface area contributed by atoms with Crippen molar-refractivity contribution in [2.45, 2.75) is 19.3 Å². The first-order chi connectivity index (χ1) is 12.0. The van der Waals surface area contributed by atoms with E-state index >= 15 is 0 Å². The lowest BCUT2D eigenvalue weighted by molar-refractivity contribution is 0.0198. The summed E-state index contributed by atoms with van der Waals surface area (Å²) in [6.45, 7) is 0.335. The van der Waals surface area contributed by atoms with Crippen LogP contribution in [-0.4, -0.2) is 27.4 Å². The zero-order valence-electron chi connectivity index (χ0n) is 13.2. The average Bonchev–Trinajstić information content (AvgIpc) is 2.59. The monoisotopic (exact) mass is 362 g/mol. The number of rotatable bonds is 6. The first-order valence-corrected chi connectivity index (χ1v) is 8.06. The highest BCUT2D eigenvalue weighted by Crippen LogP contribution is 2.15. The number of benzene rings is 2. The van der Waals surface area contributed by atoms with E-state index in [1.165, 1.54) is 29.1 Å². The van der Waals surface area contributed by atoms with Crippen molar-refractivity contribution in [3.8, 4) is 0 Å². The van der Waals surface area contributed by atoms with Crippen molar-refractivity contribution in [1.82, 2.24) is 9.55 Å². The molecule has 1 aromatic heterocycles. The summed E-state index contributed by atoms with van der Waals surface area (Å²) in [4.78, 5) is 16.4. The van der Waals surface area contributed by atoms with Gasteiger partial charge >= 0.3 is 0 Å². The van der Waals surface area contributed by atoms with Crippen molar-refractivity contribution in [2.75, 3.05) is 6.61 Å². The van der Waals surface area contributed by atoms with E-state index in [0.717, 1.165) is 5.56 Å². The fourth-order valence-electron chi connectivity index (χ4n) is 2.46. The Hall–Kier alpha value is -2.28. The normalized spacial score (nSPS) is 12.4. The number of hydrogen-bond donors (Lipinski definition) is 1. The maximum Gasteiger partial charge on any atom is 0.261 e. The van der Waals surface area contributed by atoms with E-state index in [9.17, 15) is 14.3 Å². The van der Waals surface area contributed by atoms with Gasteiger partial charge in [0.2, 0.25) is 0 Å². The molecule has 7 heteroatoms. The molecule has 5 nitrogen and oxygen atoms in total. The minimum Gasteiger partial charge on any atom is -0.389 e. The topological polar surface area (TPSA) is 64.4 Å². The summed E-state index contributed by atoms with van der Waals surface area (Å²) in [6.07, 6.45) is 0.404. The Morgan fingerprint density at radius 3 is 2.88 bits per heavy atom. The Balaban J connectivity index is 1.63. The summed E-state index contributed by atoms with van der Waals surface area (Å²) in [5, 5.41) is 11.0. The number of aliphatic hydroxyl groups excluding tert-OH is 1. The van der Waals surface area contributed by atoms with Gasteiger partial charge in [0.1, 0.15) is 5.82 Å². The number of aromatic nitrogens is 2. The number of ether oxygens (including phenoxy) is 1. The second-order valence-electron chi connectivity index (χ2n) is 5.62. The molecule has 3 rings (SSSR count). The van der Waals surface area contributed by atoms with Crippen molar-refractivity contribution in [1.29, 1.82) is 0 Å². The summed E-state index contributed by atoms with van der Waals surface area (Å²) in [7, 11) is 0. The molecule has 0 bridgehead atoms. The molecule has 1 heterocycles. The lowest BCUT2D eigenvalue weighted by Gasteiger charge is -2.13. The molecule has 1 N–H and O–H groups in total. The largest absolute Gasteiger partial charge is 0.389 e. The van der Waals surface area contributed by atoms with Gasteiger partial charge in [0.15, 0.2) is 0 Å². The first kappa shape index (κ1) is 17.5. The van der Waals surface area contributed by atoms with Crippen LogP contribution in [-0.2, 0) is 17.9 Å². The fourth-order valence-corrected chi connectivity index (χ4v) is 2.65. The van der Waals surface area contributed by atoms with Gasteiger partial charge in [-0.15, -0.1) is 0 Å². The van der Waals surface area contributed by atoms with Gasteiger partial charge in [-0.3, -0.25) is 9.36 Å². The molecule has 2 aromatic carbocycles. The summed E-state index contributed by atoms with van der Waals surface area (Å²) in [5.74, 6) is -0.454. The van der Waals surface area contributed by atoms with Crippen LogP contribution in [0.4, 0.5) is 4.39 Å². The van der Waals surface area contributed by atoms with Crippen LogP contribution >= 0.6 is 11.6 Å². The van der Waals surface area contributed by atoms with E-state index in [2.05, 4.69) is 4.98 Å². The molecule has 1 atom stereocenters. The van der Waals surface area contributed by atoms with Crippen LogP contribution in [0.2, 0.25) is 5.02 Å². The van der Waals surface area contributed by atoms with Crippen LogP contribution < -0.4 is 5.56 Å². The standard InChI is InChI=1S/C18H16ClFN2O3/c19-16-4-2-1-3-12(16)9-25-10-14(23)8-22-11-21-17-7-13(20)5-6-15(17)18(22)24/h1-7,11,14,23H,8-10H2. The molecule has 0 aliphatic heterocycles. The molecule has 1 unspecified atom stereocenters. The minimum atomic E-state index is -0.889. The van der Waals surface area contributed by atoms with E-state index in [1.54, 1.807) is 6.07 Å². The number of halogens is 2. The molecule has 0 saturated heterocycles. The molecule has 0 radical (unpaired) electrons. The molecule has 0 aliphatic rings.